The second kappa shape index (κ2) is 15.9. The van der Waals surface area contributed by atoms with Crippen LogP contribution in [0, 0.1) is 10.7 Å². The monoisotopic (exact) mass is 551 g/mol. The molecule has 13 nitrogen and oxygen atoms in total. The number of carboxylic acids is 4. The molecule has 14 heteroatoms. The Morgan fingerprint density at radius 2 is 1.18 bits per heavy atom. The van der Waals surface area contributed by atoms with E-state index in [-0.39, 0.29) is 72.0 Å². The first kappa shape index (κ1) is 31.0. The van der Waals surface area contributed by atoms with Crippen LogP contribution in [-0.2, 0) is 25.6 Å². The van der Waals surface area contributed by atoms with Crippen molar-refractivity contribution in [1.82, 2.24) is 19.6 Å². The quantitative estimate of drug-likeness (QED) is 0.208. The number of aliphatic carboxylic acids is 4. The van der Waals surface area contributed by atoms with Crippen LogP contribution in [0.4, 0.5) is 0 Å². The zero-order valence-corrected chi connectivity index (χ0v) is 21.8. The molecule has 0 aromatic heterocycles. The molecule has 2 rings (SSSR count). The van der Waals surface area contributed by atoms with Crippen LogP contribution in [0.15, 0.2) is 29.2 Å². The van der Waals surface area contributed by atoms with Gasteiger partial charge in [-0.15, -0.1) is 0 Å². The Kier molecular flexibility index (Phi) is 13.0. The Hall–Kier alpha value is -3.22. The van der Waals surface area contributed by atoms with Crippen molar-refractivity contribution in [1.29, 1.82) is 5.26 Å². The Labute approximate surface area is 224 Å². The second-order valence-corrected chi connectivity index (χ2v) is 9.89. The summed E-state index contributed by atoms with van der Waals surface area (Å²) in [7, 11) is 0. The minimum atomic E-state index is -1.06. The zero-order valence-electron chi connectivity index (χ0n) is 20.9. The van der Waals surface area contributed by atoms with E-state index in [4.69, 9.17) is 5.26 Å². The molecule has 0 saturated carbocycles. The molecule has 1 atom stereocenters. The molecule has 4 N–H and O–H groups in total. The van der Waals surface area contributed by atoms with E-state index in [1.165, 1.54) is 0 Å². The molecule has 1 unspecified atom stereocenters. The molecule has 0 amide bonds. The van der Waals surface area contributed by atoms with E-state index in [1.807, 2.05) is 17.5 Å². The molecule has 0 aliphatic carbocycles. The number of rotatable bonds is 11. The number of benzene rings is 1. The maximum atomic E-state index is 11.8. The minimum absolute atomic E-state index is 0.202. The van der Waals surface area contributed by atoms with Crippen molar-refractivity contribution < 1.29 is 39.6 Å². The molecule has 1 aliphatic heterocycles. The zero-order chi connectivity index (χ0) is 28.1. The topological polar surface area (TPSA) is 186 Å². The first-order valence-electron chi connectivity index (χ1n) is 12.0. The highest BCUT2D eigenvalue weighted by Gasteiger charge is 2.27. The van der Waals surface area contributed by atoms with Crippen LogP contribution in [0.2, 0.25) is 0 Å². The van der Waals surface area contributed by atoms with Gasteiger partial charge in [0.15, 0.2) is 0 Å². The summed E-state index contributed by atoms with van der Waals surface area (Å²) in [5.41, 5.74) is 0.866. The molecular weight excluding hydrogens is 518 g/mol. The van der Waals surface area contributed by atoms with E-state index in [2.05, 4.69) is 0 Å². The Morgan fingerprint density at radius 3 is 1.66 bits per heavy atom. The fourth-order valence-corrected chi connectivity index (χ4v) is 4.75. The van der Waals surface area contributed by atoms with Gasteiger partial charge >= 0.3 is 23.9 Å². The third-order valence-electron chi connectivity index (χ3n) is 6.13. The number of nitriles is 1. The SMILES string of the molecule is N#CSc1ccc(CC2CN(CC(=O)O)CCN(CC(=O)O)CCN(CC(=O)O)CCN2CC(=O)O)cc1. The number of thioether (sulfide) groups is 1. The van der Waals surface area contributed by atoms with E-state index in [1.54, 1.807) is 31.7 Å². The third kappa shape index (κ3) is 11.9. The van der Waals surface area contributed by atoms with Crippen molar-refractivity contribution in [3.05, 3.63) is 29.8 Å². The van der Waals surface area contributed by atoms with Crippen LogP contribution < -0.4 is 0 Å². The van der Waals surface area contributed by atoms with Gasteiger partial charge in [0.05, 0.1) is 26.2 Å². The van der Waals surface area contributed by atoms with E-state index >= 15 is 0 Å². The fraction of sp³-hybridized carbons (Fsp3) is 0.542. The Balaban J connectivity index is 2.39. The summed E-state index contributed by atoms with van der Waals surface area (Å²) >= 11 is 1.02. The Bertz CT molecular complexity index is 1000. The predicted octanol–water partition coefficient (Wildman–Crippen LogP) is -0.269. The molecule has 208 valence electrons. The van der Waals surface area contributed by atoms with Crippen LogP contribution in [0.1, 0.15) is 5.56 Å². The van der Waals surface area contributed by atoms with Crippen LogP contribution >= 0.6 is 11.8 Å². The average Bonchev–Trinajstić information content (AvgIpc) is 2.82. The van der Waals surface area contributed by atoms with Gasteiger partial charge in [-0.2, -0.15) is 5.26 Å². The van der Waals surface area contributed by atoms with Gasteiger partial charge in [0.2, 0.25) is 0 Å². The van der Waals surface area contributed by atoms with E-state index in [0.29, 0.717) is 6.42 Å². The van der Waals surface area contributed by atoms with Gasteiger partial charge in [-0.1, -0.05) is 12.1 Å². The summed E-state index contributed by atoms with van der Waals surface area (Å²) in [6, 6.07) is 6.81. The normalized spacial score (nSPS) is 19.1. The first-order valence-corrected chi connectivity index (χ1v) is 12.8. The highest BCUT2D eigenvalue weighted by Crippen LogP contribution is 2.19. The number of hydrogen-bond acceptors (Lipinski definition) is 10. The number of hydrogen-bond donors (Lipinski definition) is 4. The van der Waals surface area contributed by atoms with Crippen molar-refractivity contribution in [2.45, 2.75) is 17.4 Å². The predicted molar refractivity (Wildman–Crippen MR) is 137 cm³/mol. The molecule has 1 heterocycles. The molecule has 1 aromatic rings. The van der Waals surface area contributed by atoms with E-state index in [0.717, 1.165) is 22.2 Å². The summed E-state index contributed by atoms with van der Waals surface area (Å²) in [6.45, 7) is 0.451. The van der Waals surface area contributed by atoms with Crippen molar-refractivity contribution in [3.8, 4) is 5.40 Å². The maximum absolute atomic E-state index is 11.8. The molecule has 38 heavy (non-hydrogen) atoms. The smallest absolute Gasteiger partial charge is 0.317 e. The number of carbonyl (C=O) groups is 4. The average molecular weight is 552 g/mol. The van der Waals surface area contributed by atoms with Crippen molar-refractivity contribution in [3.63, 3.8) is 0 Å². The molecule has 1 aliphatic rings. The molecule has 0 spiro atoms. The molecule has 0 bridgehead atoms. The highest BCUT2D eigenvalue weighted by atomic mass is 32.2. The largest absolute Gasteiger partial charge is 0.480 e. The summed E-state index contributed by atoms with van der Waals surface area (Å²) < 4.78 is 0. The summed E-state index contributed by atoms with van der Waals surface area (Å²) in [5, 5.41) is 48.7. The number of nitrogens with zero attached hydrogens (tertiary/aromatic N) is 5. The van der Waals surface area contributed by atoms with Gasteiger partial charge in [-0.3, -0.25) is 38.8 Å². The fourth-order valence-electron chi connectivity index (χ4n) is 4.37. The number of carboxylic acid groups (broad SMARTS) is 4. The van der Waals surface area contributed by atoms with Crippen LogP contribution in [-0.4, -0.2) is 142 Å². The lowest BCUT2D eigenvalue weighted by Gasteiger charge is -2.37. The van der Waals surface area contributed by atoms with Crippen molar-refractivity contribution >= 4 is 35.6 Å². The highest BCUT2D eigenvalue weighted by molar-refractivity contribution is 8.03. The van der Waals surface area contributed by atoms with Crippen LogP contribution in [0.25, 0.3) is 0 Å². The molecular formula is C24H33N5O8S. The summed E-state index contributed by atoms with van der Waals surface area (Å²) in [4.78, 5) is 53.7. The molecule has 1 fully saturated rings. The summed E-state index contributed by atoms with van der Waals surface area (Å²) in [6.07, 6.45) is 0.388. The van der Waals surface area contributed by atoms with Crippen molar-refractivity contribution in [2.24, 2.45) is 0 Å². The lowest BCUT2D eigenvalue weighted by atomic mass is 10.0. The maximum Gasteiger partial charge on any atom is 0.317 e. The Morgan fingerprint density at radius 1 is 0.737 bits per heavy atom. The molecule has 0 radical (unpaired) electrons. The lowest BCUT2D eigenvalue weighted by Crippen LogP contribution is -2.53. The van der Waals surface area contributed by atoms with Crippen LogP contribution in [0.5, 0.6) is 0 Å². The first-order chi connectivity index (χ1) is 18.0. The van der Waals surface area contributed by atoms with Gasteiger partial charge < -0.3 is 20.4 Å². The standard InChI is InChI=1S/C24H33N5O8S/c25-17-38-20-3-1-18(2-4-20)11-19-12-28(15-23(34)35)8-7-26(13-21(30)31)5-6-27(14-22(32)33)9-10-29(19)16-24(36)37/h1-4,19H,5-16H2,(H,30,31)(H,32,33)(H,34,35)(H,36,37). The molecule has 1 saturated heterocycles. The van der Waals surface area contributed by atoms with Gasteiger partial charge in [0.25, 0.3) is 0 Å². The van der Waals surface area contributed by atoms with Gasteiger partial charge in [-0.05, 0) is 35.9 Å². The molecule has 1 aromatic carbocycles. The minimum Gasteiger partial charge on any atom is -0.480 e. The summed E-state index contributed by atoms with van der Waals surface area (Å²) in [5.74, 6) is -4.22. The third-order valence-corrected chi connectivity index (χ3v) is 6.73. The van der Waals surface area contributed by atoms with Crippen LogP contribution in [0.3, 0.4) is 0 Å². The van der Waals surface area contributed by atoms with Gasteiger partial charge in [-0.25, -0.2) is 0 Å². The van der Waals surface area contributed by atoms with E-state index < -0.39 is 29.9 Å². The number of thiocyanates is 1. The van der Waals surface area contributed by atoms with Crippen molar-refractivity contribution in [2.75, 3.05) is 72.0 Å². The second-order valence-electron chi connectivity index (χ2n) is 9.03. The lowest BCUT2D eigenvalue weighted by molar-refractivity contribution is -0.142. The van der Waals surface area contributed by atoms with E-state index in [9.17, 15) is 39.6 Å². The van der Waals surface area contributed by atoms with Gasteiger partial charge in [0, 0.05) is 56.8 Å². The van der Waals surface area contributed by atoms with Gasteiger partial charge in [0.1, 0.15) is 5.40 Å².